The summed E-state index contributed by atoms with van der Waals surface area (Å²) < 4.78 is 5.13. The van der Waals surface area contributed by atoms with Gasteiger partial charge in [0.15, 0.2) is 6.04 Å². The summed E-state index contributed by atoms with van der Waals surface area (Å²) in [5, 5.41) is 12.0. The van der Waals surface area contributed by atoms with Gasteiger partial charge in [-0.3, -0.25) is 9.59 Å². The van der Waals surface area contributed by atoms with Crippen molar-refractivity contribution in [3.8, 4) is 0 Å². The Kier molecular flexibility index (Phi) is 5.70. The Morgan fingerprint density at radius 3 is 2.65 bits per heavy atom. The molecule has 2 amide bonds. The van der Waals surface area contributed by atoms with Crippen LogP contribution in [0.15, 0.2) is 30.3 Å². The number of carbonyl (C=O) groups is 3. The van der Waals surface area contributed by atoms with Gasteiger partial charge in [-0.1, -0.05) is 30.3 Å². The van der Waals surface area contributed by atoms with E-state index in [0.717, 1.165) is 5.56 Å². The summed E-state index contributed by atoms with van der Waals surface area (Å²) in [6.45, 7) is 1.91. The summed E-state index contributed by atoms with van der Waals surface area (Å²) in [4.78, 5) is 36.5. The molecule has 2 rings (SSSR count). The number of nitrogens with one attached hydrogen (secondary N) is 1. The maximum atomic E-state index is 12.5. The minimum atomic E-state index is -1.09. The molecule has 0 saturated carbocycles. The van der Waals surface area contributed by atoms with Gasteiger partial charge >= 0.3 is 5.97 Å². The predicted octanol–water partition coefficient (Wildman–Crippen LogP) is 0.566. The third kappa shape index (κ3) is 4.53. The average molecular weight is 320 g/mol. The summed E-state index contributed by atoms with van der Waals surface area (Å²) in [5.41, 5.74) is 0.802. The molecule has 1 saturated heterocycles. The highest BCUT2D eigenvalue weighted by Crippen LogP contribution is 2.19. The normalized spacial score (nSPS) is 19.0. The van der Waals surface area contributed by atoms with Crippen LogP contribution in [0.2, 0.25) is 0 Å². The molecule has 0 aromatic heterocycles. The molecule has 1 aliphatic rings. The van der Waals surface area contributed by atoms with Crippen molar-refractivity contribution in [3.05, 3.63) is 35.9 Å². The highest BCUT2D eigenvalue weighted by atomic mass is 16.5. The summed E-state index contributed by atoms with van der Waals surface area (Å²) >= 11 is 0. The van der Waals surface area contributed by atoms with Gasteiger partial charge in [-0.05, 0) is 5.56 Å². The fourth-order valence-corrected chi connectivity index (χ4v) is 2.58. The first-order chi connectivity index (χ1) is 11.0. The molecule has 0 unspecified atom stereocenters. The maximum absolute atomic E-state index is 12.5. The summed E-state index contributed by atoms with van der Waals surface area (Å²) in [5.74, 6) is -1.65. The van der Waals surface area contributed by atoms with E-state index < -0.39 is 18.1 Å². The van der Waals surface area contributed by atoms with E-state index in [0.29, 0.717) is 6.61 Å². The van der Waals surface area contributed by atoms with Gasteiger partial charge in [0.05, 0.1) is 25.7 Å². The Hall–Kier alpha value is -2.41. The Bertz CT molecular complexity index is 575. The lowest BCUT2D eigenvalue weighted by Crippen LogP contribution is -2.53. The van der Waals surface area contributed by atoms with Crippen LogP contribution in [0.1, 0.15) is 24.9 Å². The molecule has 7 heteroatoms. The summed E-state index contributed by atoms with van der Waals surface area (Å²) in [6, 6.07) is 7.67. The number of carboxylic acids is 1. The molecule has 7 nitrogen and oxygen atoms in total. The van der Waals surface area contributed by atoms with Crippen molar-refractivity contribution < 1.29 is 24.2 Å². The van der Waals surface area contributed by atoms with E-state index in [1.54, 1.807) is 0 Å². The zero-order chi connectivity index (χ0) is 16.8. The van der Waals surface area contributed by atoms with Gasteiger partial charge in [-0.25, -0.2) is 4.79 Å². The largest absolute Gasteiger partial charge is 0.480 e. The fourth-order valence-electron chi connectivity index (χ4n) is 2.58. The molecule has 124 valence electrons. The van der Waals surface area contributed by atoms with E-state index in [9.17, 15) is 19.5 Å². The van der Waals surface area contributed by atoms with Crippen LogP contribution < -0.4 is 5.32 Å². The monoisotopic (exact) mass is 320 g/mol. The molecule has 1 aromatic rings. The second-order valence-corrected chi connectivity index (χ2v) is 5.38. The van der Waals surface area contributed by atoms with Crippen molar-refractivity contribution in [3.63, 3.8) is 0 Å². The second kappa shape index (κ2) is 7.73. The molecule has 2 atom stereocenters. The fraction of sp³-hybridized carbons (Fsp3) is 0.438. The van der Waals surface area contributed by atoms with E-state index >= 15 is 0 Å². The third-order valence-electron chi connectivity index (χ3n) is 3.69. The van der Waals surface area contributed by atoms with E-state index in [-0.39, 0.29) is 31.4 Å². The topological polar surface area (TPSA) is 95.9 Å². The Morgan fingerprint density at radius 1 is 1.35 bits per heavy atom. The number of rotatable bonds is 5. The molecule has 1 aliphatic heterocycles. The van der Waals surface area contributed by atoms with Crippen molar-refractivity contribution in [1.82, 2.24) is 10.2 Å². The van der Waals surface area contributed by atoms with Gasteiger partial charge in [0.1, 0.15) is 0 Å². The highest BCUT2D eigenvalue weighted by molar-refractivity contribution is 5.85. The number of carbonyl (C=O) groups excluding carboxylic acids is 2. The molecule has 1 aromatic carbocycles. The molecule has 1 fully saturated rings. The van der Waals surface area contributed by atoms with Crippen molar-refractivity contribution in [2.75, 3.05) is 19.8 Å². The maximum Gasteiger partial charge on any atom is 0.328 e. The van der Waals surface area contributed by atoms with Crippen LogP contribution in [0, 0.1) is 0 Å². The van der Waals surface area contributed by atoms with Crippen LogP contribution >= 0.6 is 0 Å². The van der Waals surface area contributed by atoms with Crippen LogP contribution in [0.4, 0.5) is 0 Å². The standard InChI is InChI=1S/C16H20N2O5/c1-11(19)17-13(12-5-3-2-4-6-12)9-15(20)18-7-8-23-10-14(18)16(21)22/h2-6,13-14H,7-10H2,1H3,(H,17,19)(H,21,22)/t13-,14+/m0/s1. The SMILES string of the molecule is CC(=O)N[C@@H](CC(=O)N1CCOC[C@@H]1C(=O)O)c1ccccc1. The lowest BCUT2D eigenvalue weighted by molar-refractivity contribution is -0.158. The lowest BCUT2D eigenvalue weighted by atomic mass is 10.0. The number of aliphatic carboxylic acids is 1. The number of hydrogen-bond donors (Lipinski definition) is 2. The lowest BCUT2D eigenvalue weighted by Gasteiger charge is -2.34. The van der Waals surface area contributed by atoms with Crippen LogP contribution in [-0.4, -0.2) is 53.6 Å². The number of morpholine rings is 1. The quantitative estimate of drug-likeness (QED) is 0.827. The van der Waals surface area contributed by atoms with Gasteiger partial charge in [0.25, 0.3) is 0 Å². The van der Waals surface area contributed by atoms with Gasteiger partial charge in [0.2, 0.25) is 11.8 Å². The number of nitrogens with zero attached hydrogens (tertiary/aromatic N) is 1. The first-order valence-corrected chi connectivity index (χ1v) is 7.41. The molecular formula is C16H20N2O5. The van der Waals surface area contributed by atoms with Crippen molar-refractivity contribution in [1.29, 1.82) is 0 Å². The zero-order valence-corrected chi connectivity index (χ0v) is 12.9. The number of hydrogen-bond acceptors (Lipinski definition) is 4. The molecule has 0 bridgehead atoms. The average Bonchev–Trinajstić information content (AvgIpc) is 2.54. The van der Waals surface area contributed by atoms with Crippen molar-refractivity contribution in [2.45, 2.75) is 25.4 Å². The minimum Gasteiger partial charge on any atom is -0.480 e. The number of carboxylic acid groups (broad SMARTS) is 1. The number of amides is 2. The van der Waals surface area contributed by atoms with Crippen molar-refractivity contribution >= 4 is 17.8 Å². The first-order valence-electron chi connectivity index (χ1n) is 7.41. The van der Waals surface area contributed by atoms with Crippen LogP contribution in [-0.2, 0) is 19.1 Å². The van der Waals surface area contributed by atoms with Gasteiger partial charge in [0, 0.05) is 13.5 Å². The smallest absolute Gasteiger partial charge is 0.328 e. The predicted molar refractivity (Wildman–Crippen MR) is 81.6 cm³/mol. The van der Waals surface area contributed by atoms with E-state index in [4.69, 9.17) is 4.74 Å². The van der Waals surface area contributed by atoms with E-state index in [1.165, 1.54) is 11.8 Å². The van der Waals surface area contributed by atoms with E-state index in [1.807, 2.05) is 30.3 Å². The molecule has 2 N–H and O–H groups in total. The minimum absolute atomic E-state index is 0.00731. The van der Waals surface area contributed by atoms with Gasteiger partial charge in [-0.2, -0.15) is 0 Å². The van der Waals surface area contributed by atoms with E-state index in [2.05, 4.69) is 5.32 Å². The van der Waals surface area contributed by atoms with Crippen LogP contribution in [0.3, 0.4) is 0 Å². The summed E-state index contributed by atoms with van der Waals surface area (Å²) in [6.07, 6.45) is 0.00731. The molecular weight excluding hydrogens is 300 g/mol. The van der Waals surface area contributed by atoms with Crippen LogP contribution in [0.5, 0.6) is 0 Å². The third-order valence-corrected chi connectivity index (χ3v) is 3.69. The Morgan fingerprint density at radius 2 is 2.04 bits per heavy atom. The molecule has 0 radical (unpaired) electrons. The van der Waals surface area contributed by atoms with Gasteiger partial charge < -0.3 is 20.1 Å². The first kappa shape index (κ1) is 17.0. The summed E-state index contributed by atoms with van der Waals surface area (Å²) in [7, 11) is 0. The van der Waals surface area contributed by atoms with Gasteiger partial charge in [-0.15, -0.1) is 0 Å². The Labute approximate surface area is 134 Å². The molecule has 1 heterocycles. The molecule has 0 spiro atoms. The second-order valence-electron chi connectivity index (χ2n) is 5.38. The number of benzene rings is 1. The molecule has 0 aliphatic carbocycles. The zero-order valence-electron chi connectivity index (χ0n) is 12.9. The van der Waals surface area contributed by atoms with Crippen molar-refractivity contribution in [2.24, 2.45) is 0 Å². The van der Waals surface area contributed by atoms with Crippen LogP contribution in [0.25, 0.3) is 0 Å². The number of ether oxygens (including phenoxy) is 1. The Balaban J connectivity index is 2.13. The molecule has 23 heavy (non-hydrogen) atoms. The highest BCUT2D eigenvalue weighted by Gasteiger charge is 2.33.